The normalized spacial score (nSPS) is 39.7. The summed E-state index contributed by atoms with van der Waals surface area (Å²) in [6.07, 6.45) is 7.95. The molecule has 19 heavy (non-hydrogen) atoms. The van der Waals surface area contributed by atoms with Crippen LogP contribution in [0.1, 0.15) is 58.9 Å². The van der Waals surface area contributed by atoms with E-state index in [4.69, 9.17) is 10.7 Å². The lowest BCUT2D eigenvalue weighted by atomic mass is 9.48. The van der Waals surface area contributed by atoms with Crippen LogP contribution in [0.5, 0.6) is 0 Å². The molecule has 0 spiro atoms. The van der Waals surface area contributed by atoms with Crippen molar-refractivity contribution in [3.05, 3.63) is 15.6 Å². The van der Waals surface area contributed by atoms with E-state index in [2.05, 4.69) is 0 Å². The molecule has 0 aliphatic heterocycles. The Labute approximate surface area is 117 Å². The Morgan fingerprint density at radius 3 is 2.21 bits per heavy atom. The number of rotatable bonds is 2. The third-order valence-corrected chi connectivity index (χ3v) is 6.48. The van der Waals surface area contributed by atoms with Crippen molar-refractivity contribution in [2.24, 2.45) is 23.5 Å². The standard InChI is InChI=1S/C15H20N2OS/c1-8-17-13(12(19-8)14(16)18)15-5-9-2-10(6-15)4-11(3-9)7-15/h9-11H,2-7H2,1H3,(H2,16,18). The molecule has 0 radical (unpaired) electrons. The smallest absolute Gasteiger partial charge is 0.260 e. The molecular weight excluding hydrogens is 256 g/mol. The molecule has 5 rings (SSSR count). The van der Waals surface area contributed by atoms with E-state index in [-0.39, 0.29) is 11.3 Å². The van der Waals surface area contributed by atoms with Crippen LogP contribution in [0.25, 0.3) is 0 Å². The third kappa shape index (κ3) is 1.69. The average molecular weight is 276 g/mol. The van der Waals surface area contributed by atoms with Crippen LogP contribution in [0.15, 0.2) is 0 Å². The highest BCUT2D eigenvalue weighted by Crippen LogP contribution is 2.61. The molecule has 2 N–H and O–H groups in total. The van der Waals surface area contributed by atoms with Crippen molar-refractivity contribution in [3.63, 3.8) is 0 Å². The van der Waals surface area contributed by atoms with Crippen LogP contribution in [-0.4, -0.2) is 10.9 Å². The highest BCUT2D eigenvalue weighted by molar-refractivity contribution is 7.13. The number of nitrogens with two attached hydrogens (primary N) is 1. The molecule has 102 valence electrons. The minimum Gasteiger partial charge on any atom is -0.365 e. The highest BCUT2D eigenvalue weighted by atomic mass is 32.1. The fourth-order valence-electron chi connectivity index (χ4n) is 5.35. The molecule has 1 aromatic heterocycles. The van der Waals surface area contributed by atoms with Crippen LogP contribution in [-0.2, 0) is 5.41 Å². The van der Waals surface area contributed by atoms with Crippen molar-refractivity contribution in [2.75, 3.05) is 0 Å². The Kier molecular flexibility index (Phi) is 2.39. The third-order valence-electron chi connectivity index (χ3n) is 5.50. The van der Waals surface area contributed by atoms with Gasteiger partial charge in [0.1, 0.15) is 4.88 Å². The number of nitrogens with zero attached hydrogens (tertiary/aromatic N) is 1. The maximum atomic E-state index is 11.7. The summed E-state index contributed by atoms with van der Waals surface area (Å²) in [6, 6.07) is 0. The molecule has 3 nitrogen and oxygen atoms in total. The van der Waals surface area contributed by atoms with E-state index in [1.807, 2.05) is 6.92 Å². The van der Waals surface area contributed by atoms with Gasteiger partial charge in [-0.2, -0.15) is 0 Å². The van der Waals surface area contributed by atoms with Gasteiger partial charge < -0.3 is 5.73 Å². The predicted octanol–water partition coefficient (Wildman–Crippen LogP) is 3.02. The lowest BCUT2D eigenvalue weighted by Crippen LogP contribution is -2.49. The fourth-order valence-corrected chi connectivity index (χ4v) is 6.25. The van der Waals surface area contributed by atoms with Gasteiger partial charge in [-0.1, -0.05) is 0 Å². The lowest BCUT2D eigenvalue weighted by molar-refractivity contribution is -0.00728. The number of thiazole rings is 1. The van der Waals surface area contributed by atoms with Crippen LogP contribution in [0.4, 0.5) is 0 Å². The number of aryl methyl sites for hydroxylation is 1. The van der Waals surface area contributed by atoms with Gasteiger partial charge in [0, 0.05) is 5.41 Å². The SMILES string of the molecule is Cc1nc(C23CC4CC(CC(C4)C2)C3)c(C(N)=O)s1. The first-order valence-corrected chi connectivity index (χ1v) is 8.15. The molecule has 1 amide bonds. The van der Waals surface area contributed by atoms with E-state index in [1.165, 1.54) is 49.9 Å². The molecule has 4 saturated carbocycles. The van der Waals surface area contributed by atoms with E-state index in [0.717, 1.165) is 33.3 Å². The van der Waals surface area contributed by atoms with E-state index < -0.39 is 0 Å². The first-order valence-electron chi connectivity index (χ1n) is 7.33. The molecule has 4 aliphatic carbocycles. The van der Waals surface area contributed by atoms with E-state index in [1.54, 1.807) is 0 Å². The number of primary amides is 1. The van der Waals surface area contributed by atoms with Gasteiger partial charge >= 0.3 is 0 Å². The summed E-state index contributed by atoms with van der Waals surface area (Å²) >= 11 is 1.49. The second-order valence-electron chi connectivity index (χ2n) is 6.97. The summed E-state index contributed by atoms with van der Waals surface area (Å²) in [7, 11) is 0. The molecule has 0 atom stereocenters. The fraction of sp³-hybridized carbons (Fsp3) is 0.733. The highest BCUT2D eigenvalue weighted by Gasteiger charge is 2.53. The monoisotopic (exact) mass is 276 g/mol. The van der Waals surface area contributed by atoms with Crippen LogP contribution in [0.2, 0.25) is 0 Å². The average Bonchev–Trinajstić information content (AvgIpc) is 2.70. The van der Waals surface area contributed by atoms with Gasteiger partial charge in [0.25, 0.3) is 5.91 Å². The zero-order valence-corrected chi connectivity index (χ0v) is 12.1. The Hall–Kier alpha value is -0.900. The molecule has 4 heteroatoms. The predicted molar refractivity (Wildman–Crippen MR) is 75.2 cm³/mol. The Bertz CT molecular complexity index is 513. The molecule has 4 bridgehead atoms. The molecular formula is C15H20N2OS. The number of amides is 1. The van der Waals surface area contributed by atoms with Crippen LogP contribution in [0.3, 0.4) is 0 Å². The van der Waals surface area contributed by atoms with E-state index in [9.17, 15) is 4.79 Å². The summed E-state index contributed by atoms with van der Waals surface area (Å²) in [4.78, 5) is 17.2. The van der Waals surface area contributed by atoms with Crippen LogP contribution < -0.4 is 5.73 Å². The van der Waals surface area contributed by atoms with Crippen molar-refractivity contribution in [1.82, 2.24) is 4.98 Å². The Morgan fingerprint density at radius 2 is 1.74 bits per heavy atom. The van der Waals surface area contributed by atoms with Crippen molar-refractivity contribution in [3.8, 4) is 0 Å². The summed E-state index contributed by atoms with van der Waals surface area (Å²) in [5.41, 5.74) is 6.82. The lowest BCUT2D eigenvalue weighted by Gasteiger charge is -2.56. The van der Waals surface area contributed by atoms with E-state index in [0.29, 0.717) is 0 Å². The zero-order chi connectivity index (χ0) is 13.2. The molecule has 0 unspecified atom stereocenters. The minimum atomic E-state index is -0.281. The quantitative estimate of drug-likeness (QED) is 0.902. The molecule has 1 heterocycles. The second-order valence-corrected chi connectivity index (χ2v) is 8.18. The Balaban J connectivity index is 1.81. The molecule has 0 aromatic carbocycles. The molecule has 1 aromatic rings. The zero-order valence-electron chi connectivity index (χ0n) is 11.3. The topological polar surface area (TPSA) is 56.0 Å². The van der Waals surface area contributed by atoms with Gasteiger partial charge in [0.05, 0.1) is 10.7 Å². The maximum absolute atomic E-state index is 11.7. The summed E-state index contributed by atoms with van der Waals surface area (Å²) in [6.45, 7) is 1.99. The number of carbonyl (C=O) groups excluding carboxylic acids is 1. The summed E-state index contributed by atoms with van der Waals surface area (Å²) in [5, 5.41) is 0.986. The first-order chi connectivity index (χ1) is 9.06. The van der Waals surface area contributed by atoms with Gasteiger partial charge in [-0.3, -0.25) is 4.79 Å². The van der Waals surface area contributed by atoms with Gasteiger partial charge in [-0.25, -0.2) is 4.98 Å². The van der Waals surface area contributed by atoms with Gasteiger partial charge in [0.2, 0.25) is 0 Å². The van der Waals surface area contributed by atoms with Gasteiger partial charge in [-0.15, -0.1) is 11.3 Å². The Morgan fingerprint density at radius 1 is 1.21 bits per heavy atom. The second kappa shape index (κ2) is 3.81. The number of carbonyl (C=O) groups is 1. The van der Waals surface area contributed by atoms with Gasteiger partial charge in [-0.05, 0) is 63.2 Å². The number of hydrogen-bond donors (Lipinski definition) is 1. The van der Waals surface area contributed by atoms with E-state index >= 15 is 0 Å². The summed E-state index contributed by atoms with van der Waals surface area (Å²) < 4.78 is 0. The van der Waals surface area contributed by atoms with Crippen molar-refractivity contribution in [2.45, 2.75) is 50.9 Å². The largest absolute Gasteiger partial charge is 0.365 e. The molecule has 4 aliphatic rings. The minimum absolute atomic E-state index is 0.184. The first kappa shape index (κ1) is 11.9. The number of hydrogen-bond acceptors (Lipinski definition) is 3. The van der Waals surface area contributed by atoms with Crippen molar-refractivity contribution in [1.29, 1.82) is 0 Å². The summed E-state index contributed by atoms with van der Waals surface area (Å²) in [5.74, 6) is 2.33. The van der Waals surface area contributed by atoms with Crippen molar-refractivity contribution < 1.29 is 4.79 Å². The molecule has 4 fully saturated rings. The van der Waals surface area contributed by atoms with Gasteiger partial charge in [0.15, 0.2) is 0 Å². The maximum Gasteiger partial charge on any atom is 0.260 e. The van der Waals surface area contributed by atoms with Crippen molar-refractivity contribution >= 4 is 17.2 Å². The van der Waals surface area contributed by atoms with Crippen LogP contribution >= 0.6 is 11.3 Å². The van der Waals surface area contributed by atoms with Crippen LogP contribution in [0, 0.1) is 24.7 Å². The number of aromatic nitrogens is 1. The molecule has 0 saturated heterocycles.